The van der Waals surface area contributed by atoms with Gasteiger partial charge >= 0.3 is 5.97 Å². The number of pyridine rings is 1. The van der Waals surface area contributed by atoms with Gasteiger partial charge in [0.25, 0.3) is 0 Å². The maximum absolute atomic E-state index is 12.1. The SMILES string of the molecule is Cc1ccc(CC(=O)Nc2ccc3oc(C(=O)O)cc3c2)cn1. The lowest BCUT2D eigenvalue weighted by Crippen LogP contribution is -2.14. The fourth-order valence-corrected chi connectivity index (χ4v) is 2.22. The van der Waals surface area contributed by atoms with Crippen molar-refractivity contribution in [2.24, 2.45) is 0 Å². The van der Waals surface area contributed by atoms with Crippen molar-refractivity contribution in [3.8, 4) is 0 Å². The Morgan fingerprint density at radius 3 is 2.74 bits per heavy atom. The van der Waals surface area contributed by atoms with Crippen LogP contribution in [0.3, 0.4) is 0 Å². The van der Waals surface area contributed by atoms with Gasteiger partial charge in [0.1, 0.15) is 5.58 Å². The number of rotatable bonds is 4. The van der Waals surface area contributed by atoms with Crippen molar-refractivity contribution in [2.75, 3.05) is 5.32 Å². The molecule has 23 heavy (non-hydrogen) atoms. The first kappa shape index (κ1) is 14.8. The molecule has 2 aromatic heterocycles. The molecule has 1 aromatic carbocycles. The molecule has 2 heterocycles. The number of fused-ring (bicyclic) bond motifs is 1. The minimum Gasteiger partial charge on any atom is -0.475 e. The number of amides is 1. The number of aromatic carboxylic acids is 1. The van der Waals surface area contributed by atoms with Crippen molar-refractivity contribution < 1.29 is 19.1 Å². The second-order valence-corrected chi connectivity index (χ2v) is 5.20. The number of nitrogens with zero attached hydrogens (tertiary/aromatic N) is 1. The largest absolute Gasteiger partial charge is 0.475 e. The molecule has 0 bridgehead atoms. The smallest absolute Gasteiger partial charge is 0.371 e. The normalized spacial score (nSPS) is 10.7. The van der Waals surface area contributed by atoms with E-state index in [9.17, 15) is 9.59 Å². The second-order valence-electron chi connectivity index (χ2n) is 5.20. The number of hydrogen-bond acceptors (Lipinski definition) is 4. The van der Waals surface area contributed by atoms with E-state index in [0.717, 1.165) is 11.3 Å². The highest BCUT2D eigenvalue weighted by atomic mass is 16.4. The van der Waals surface area contributed by atoms with Crippen LogP contribution in [0.2, 0.25) is 0 Å². The Hall–Kier alpha value is -3.15. The molecule has 2 N–H and O–H groups in total. The number of carbonyl (C=O) groups excluding carboxylic acids is 1. The van der Waals surface area contributed by atoms with Gasteiger partial charge in [0.15, 0.2) is 0 Å². The molecule has 0 saturated heterocycles. The Kier molecular flexibility index (Phi) is 3.80. The molecule has 0 radical (unpaired) electrons. The summed E-state index contributed by atoms with van der Waals surface area (Å²) >= 11 is 0. The van der Waals surface area contributed by atoms with Gasteiger partial charge in [-0.15, -0.1) is 0 Å². The van der Waals surface area contributed by atoms with E-state index >= 15 is 0 Å². The quantitative estimate of drug-likeness (QED) is 0.772. The molecule has 0 atom stereocenters. The number of nitrogens with one attached hydrogen (secondary N) is 1. The number of carboxylic acids is 1. The Morgan fingerprint density at radius 2 is 2.04 bits per heavy atom. The minimum absolute atomic E-state index is 0.130. The summed E-state index contributed by atoms with van der Waals surface area (Å²) in [7, 11) is 0. The van der Waals surface area contributed by atoms with E-state index < -0.39 is 5.97 Å². The van der Waals surface area contributed by atoms with Crippen LogP contribution in [0.4, 0.5) is 5.69 Å². The van der Waals surface area contributed by atoms with Crippen LogP contribution in [0, 0.1) is 6.92 Å². The summed E-state index contributed by atoms with van der Waals surface area (Å²) in [5.74, 6) is -1.43. The number of aromatic nitrogens is 1. The maximum atomic E-state index is 12.1. The maximum Gasteiger partial charge on any atom is 0.371 e. The molecular weight excluding hydrogens is 296 g/mol. The zero-order valence-electron chi connectivity index (χ0n) is 12.4. The molecule has 0 aliphatic heterocycles. The van der Waals surface area contributed by atoms with Crippen molar-refractivity contribution in [3.63, 3.8) is 0 Å². The average Bonchev–Trinajstić information content (AvgIpc) is 2.93. The highest BCUT2D eigenvalue weighted by Crippen LogP contribution is 2.23. The Bertz CT molecular complexity index is 881. The average molecular weight is 310 g/mol. The number of carboxylic acid groups (broad SMARTS) is 1. The second kappa shape index (κ2) is 5.92. The zero-order chi connectivity index (χ0) is 16.4. The van der Waals surface area contributed by atoms with Crippen LogP contribution in [0.15, 0.2) is 47.0 Å². The van der Waals surface area contributed by atoms with E-state index in [2.05, 4.69) is 10.3 Å². The first-order valence-corrected chi connectivity index (χ1v) is 6.99. The van der Waals surface area contributed by atoms with Gasteiger partial charge in [-0.25, -0.2) is 4.79 Å². The number of hydrogen-bond donors (Lipinski definition) is 2. The number of anilines is 1. The predicted octanol–water partition coefficient (Wildman–Crippen LogP) is 3.02. The highest BCUT2D eigenvalue weighted by Gasteiger charge is 2.11. The summed E-state index contributed by atoms with van der Waals surface area (Å²) in [6.07, 6.45) is 1.89. The third kappa shape index (κ3) is 3.37. The first-order chi connectivity index (χ1) is 11.0. The van der Waals surface area contributed by atoms with Gasteiger partial charge in [-0.3, -0.25) is 9.78 Å². The van der Waals surface area contributed by atoms with Crippen LogP contribution >= 0.6 is 0 Å². The molecule has 6 nitrogen and oxygen atoms in total. The number of benzene rings is 1. The standard InChI is InChI=1S/C17H14N2O4/c1-10-2-3-11(9-18-10)6-16(20)19-13-4-5-14-12(7-13)8-15(23-14)17(21)22/h2-5,7-9H,6H2,1H3,(H,19,20)(H,21,22). The molecule has 0 aliphatic carbocycles. The monoisotopic (exact) mass is 310 g/mol. The minimum atomic E-state index is -1.13. The zero-order valence-corrected chi connectivity index (χ0v) is 12.4. The molecule has 3 aromatic rings. The summed E-state index contributed by atoms with van der Waals surface area (Å²) < 4.78 is 5.18. The van der Waals surface area contributed by atoms with Crippen molar-refractivity contribution in [3.05, 3.63) is 59.6 Å². The highest BCUT2D eigenvalue weighted by molar-refractivity contribution is 5.96. The molecule has 3 rings (SSSR count). The number of carbonyl (C=O) groups is 2. The third-order valence-corrected chi connectivity index (χ3v) is 3.35. The molecule has 116 valence electrons. The topological polar surface area (TPSA) is 92.4 Å². The van der Waals surface area contributed by atoms with Gasteiger partial charge in [0.05, 0.1) is 6.42 Å². The Morgan fingerprint density at radius 1 is 1.22 bits per heavy atom. The molecule has 0 saturated carbocycles. The lowest BCUT2D eigenvalue weighted by atomic mass is 10.2. The first-order valence-electron chi connectivity index (χ1n) is 6.99. The molecule has 6 heteroatoms. The molecule has 0 fully saturated rings. The van der Waals surface area contributed by atoms with Gasteiger partial charge in [-0.05, 0) is 42.8 Å². The fraction of sp³-hybridized carbons (Fsp3) is 0.118. The number of furan rings is 1. The van der Waals surface area contributed by atoms with Crippen molar-refractivity contribution in [2.45, 2.75) is 13.3 Å². The van der Waals surface area contributed by atoms with Gasteiger partial charge in [-0.1, -0.05) is 6.07 Å². The van der Waals surface area contributed by atoms with Crippen LogP contribution in [0.25, 0.3) is 11.0 Å². The van der Waals surface area contributed by atoms with Gasteiger partial charge in [-0.2, -0.15) is 0 Å². The summed E-state index contributed by atoms with van der Waals surface area (Å²) in [5, 5.41) is 12.3. The summed E-state index contributed by atoms with van der Waals surface area (Å²) in [6, 6.07) is 10.1. The molecule has 0 aliphatic rings. The van der Waals surface area contributed by atoms with E-state index in [0.29, 0.717) is 16.7 Å². The summed E-state index contributed by atoms with van der Waals surface area (Å²) in [4.78, 5) is 27.1. The van der Waals surface area contributed by atoms with Crippen LogP contribution in [0.1, 0.15) is 21.8 Å². The lowest BCUT2D eigenvalue weighted by Gasteiger charge is -2.05. The number of aryl methyl sites for hydroxylation is 1. The Balaban J connectivity index is 1.74. The van der Waals surface area contributed by atoms with Crippen molar-refractivity contribution in [1.82, 2.24) is 4.98 Å². The van der Waals surface area contributed by atoms with Crippen LogP contribution in [0.5, 0.6) is 0 Å². The van der Waals surface area contributed by atoms with E-state index in [4.69, 9.17) is 9.52 Å². The van der Waals surface area contributed by atoms with E-state index in [1.807, 2.05) is 19.1 Å². The fourth-order valence-electron chi connectivity index (χ4n) is 2.22. The van der Waals surface area contributed by atoms with E-state index in [1.165, 1.54) is 6.07 Å². The van der Waals surface area contributed by atoms with Gasteiger partial charge in [0, 0.05) is 23.0 Å². The van der Waals surface area contributed by atoms with Crippen LogP contribution in [-0.2, 0) is 11.2 Å². The lowest BCUT2D eigenvalue weighted by molar-refractivity contribution is -0.115. The van der Waals surface area contributed by atoms with Crippen LogP contribution < -0.4 is 5.32 Å². The molecule has 1 amide bonds. The van der Waals surface area contributed by atoms with Gasteiger partial charge < -0.3 is 14.8 Å². The molecule has 0 unspecified atom stereocenters. The summed E-state index contributed by atoms with van der Waals surface area (Å²) in [6.45, 7) is 1.88. The van der Waals surface area contributed by atoms with E-state index in [-0.39, 0.29) is 18.1 Å². The van der Waals surface area contributed by atoms with Crippen LogP contribution in [-0.4, -0.2) is 22.0 Å². The van der Waals surface area contributed by atoms with Gasteiger partial charge in [0.2, 0.25) is 11.7 Å². The van der Waals surface area contributed by atoms with E-state index in [1.54, 1.807) is 24.4 Å². The molecular formula is C17H14N2O4. The molecule has 0 spiro atoms. The Labute approximate surface area is 131 Å². The predicted molar refractivity (Wildman–Crippen MR) is 84.5 cm³/mol. The van der Waals surface area contributed by atoms with Crippen molar-refractivity contribution >= 4 is 28.5 Å². The third-order valence-electron chi connectivity index (χ3n) is 3.35. The summed E-state index contributed by atoms with van der Waals surface area (Å²) in [5.41, 5.74) is 2.77. The van der Waals surface area contributed by atoms with Crippen molar-refractivity contribution in [1.29, 1.82) is 0 Å².